The van der Waals surface area contributed by atoms with E-state index in [1.54, 1.807) is 0 Å². The first-order valence-corrected chi connectivity index (χ1v) is 46.8. The summed E-state index contributed by atoms with van der Waals surface area (Å²) in [6.07, 6.45) is 14.7. The minimum Gasteiger partial charge on any atom is -0.481 e. The lowest BCUT2D eigenvalue weighted by Gasteiger charge is -2.34. The molecular weight excluding hydrogens is 1620 g/mol. The van der Waals surface area contributed by atoms with E-state index in [1.165, 1.54) is 61.3 Å². The lowest BCUT2D eigenvalue weighted by atomic mass is 9.99. The fraction of sp³-hybridized carbons (Fsp3) is 0.411. The molecule has 5 N–H and O–H groups in total. The van der Waals surface area contributed by atoms with Gasteiger partial charge in [-0.3, -0.25) is 31.0 Å². The highest BCUT2D eigenvalue weighted by Gasteiger charge is 2.29. The number of amides is 4. The zero-order valence-corrected chi connectivity index (χ0v) is 75.8. The number of aliphatic carboxylic acids is 1. The molecule has 4 aliphatic rings. The molecule has 10 aromatic rings. The van der Waals surface area contributed by atoms with Gasteiger partial charge in [-0.1, -0.05) is 269 Å². The van der Waals surface area contributed by atoms with Gasteiger partial charge in [-0.25, -0.2) is 19.2 Å². The smallest absolute Gasteiger partial charge is 0.411 e. The van der Waals surface area contributed by atoms with Gasteiger partial charge in [0.1, 0.15) is 24.4 Å². The van der Waals surface area contributed by atoms with Crippen molar-refractivity contribution in [3.63, 3.8) is 0 Å². The average molecular weight is 1750 g/mol. The minimum atomic E-state index is -0.705. The van der Waals surface area contributed by atoms with Crippen LogP contribution in [0, 0.1) is 0 Å². The summed E-state index contributed by atoms with van der Waals surface area (Å²) < 4.78 is 34.8. The Morgan fingerprint density at radius 2 is 0.636 bits per heavy atom. The van der Waals surface area contributed by atoms with Crippen molar-refractivity contribution in [2.75, 3.05) is 160 Å². The van der Waals surface area contributed by atoms with E-state index in [0.717, 1.165) is 223 Å². The lowest BCUT2D eigenvalue weighted by Crippen LogP contribution is -2.42. The maximum Gasteiger partial charge on any atom is 0.411 e. The Morgan fingerprint density at radius 3 is 1.01 bits per heavy atom. The summed E-state index contributed by atoms with van der Waals surface area (Å²) in [6.45, 7) is 18.8. The number of carboxylic acids is 1. The van der Waals surface area contributed by atoms with Gasteiger partial charge in [-0.2, -0.15) is 0 Å². The van der Waals surface area contributed by atoms with Crippen molar-refractivity contribution in [2.24, 2.45) is 0 Å². The average Bonchev–Trinajstić information content (AvgIpc) is 0.813. The van der Waals surface area contributed by atoms with Crippen molar-refractivity contribution in [2.45, 2.75) is 147 Å². The van der Waals surface area contributed by atoms with E-state index in [0.29, 0.717) is 32.5 Å². The van der Waals surface area contributed by atoms with Crippen LogP contribution in [-0.2, 0) is 33.2 Å². The molecule has 129 heavy (non-hydrogen) atoms. The third kappa shape index (κ3) is 33.0. The number of carboxylic acid groups (broad SMARTS) is 1. The normalized spacial score (nSPS) is 15.3. The van der Waals surface area contributed by atoms with E-state index >= 15 is 0 Å². The van der Waals surface area contributed by atoms with Crippen LogP contribution in [0.4, 0.5) is 41.9 Å². The first-order valence-electron chi connectivity index (χ1n) is 46.8. The maximum atomic E-state index is 12.7. The number of nitrogens with zero attached hydrogens (tertiary/aromatic N) is 6. The molecule has 4 amide bonds. The number of unbranched alkanes of at least 4 members (excludes halogenated alkanes) is 6. The monoisotopic (exact) mass is 1750 g/mol. The van der Waals surface area contributed by atoms with E-state index in [1.807, 2.05) is 218 Å². The molecular formula is C107H134N10O12. The second kappa shape index (κ2) is 53.6. The van der Waals surface area contributed by atoms with Crippen LogP contribution in [0.2, 0.25) is 0 Å². The van der Waals surface area contributed by atoms with Crippen LogP contribution in [0.5, 0.6) is 0 Å². The molecule has 4 saturated heterocycles. The van der Waals surface area contributed by atoms with Crippen molar-refractivity contribution < 1.29 is 57.5 Å². The fourth-order valence-electron chi connectivity index (χ4n) is 17.3. The fourth-order valence-corrected chi connectivity index (χ4v) is 17.3. The first-order chi connectivity index (χ1) is 63.2. The number of anilines is 4. The third-order valence-corrected chi connectivity index (χ3v) is 24.9. The Morgan fingerprint density at radius 1 is 0.333 bits per heavy atom. The predicted octanol–water partition coefficient (Wildman–Crippen LogP) is 21.9. The van der Waals surface area contributed by atoms with Crippen LogP contribution in [0.1, 0.15) is 128 Å². The molecule has 684 valence electrons. The topological polar surface area (TPSA) is 229 Å². The number of likely N-dealkylation sites (tertiary alicyclic amines) is 4. The molecule has 4 heterocycles. The van der Waals surface area contributed by atoms with Gasteiger partial charge in [-0.15, -0.1) is 0 Å². The van der Waals surface area contributed by atoms with Gasteiger partial charge in [0.2, 0.25) is 0 Å². The van der Waals surface area contributed by atoms with Gasteiger partial charge in [-0.05, 0) is 174 Å². The summed E-state index contributed by atoms with van der Waals surface area (Å²) in [5, 5.41) is 23.1. The number of carbonyl (C=O) groups excluding carboxylic acids is 4. The quantitative estimate of drug-likeness (QED) is 0.0178. The highest BCUT2D eigenvalue weighted by molar-refractivity contribution is 5.95. The van der Waals surface area contributed by atoms with Crippen LogP contribution in [0.15, 0.2) is 261 Å². The number of fused-ring (bicyclic) bond motifs is 1. The molecule has 0 aromatic heterocycles. The number of piperidine rings is 4. The van der Waals surface area contributed by atoms with Crippen molar-refractivity contribution in [3.8, 4) is 44.5 Å². The molecule has 0 unspecified atom stereocenters. The predicted molar refractivity (Wildman–Crippen MR) is 519 cm³/mol. The Bertz CT molecular complexity index is 4840. The second-order valence-electron chi connectivity index (χ2n) is 34.2. The Balaban J connectivity index is 0.000000178. The van der Waals surface area contributed by atoms with Crippen LogP contribution < -0.4 is 21.3 Å². The van der Waals surface area contributed by atoms with Crippen molar-refractivity contribution in [3.05, 3.63) is 266 Å². The van der Waals surface area contributed by atoms with E-state index in [2.05, 4.69) is 114 Å². The third-order valence-electron chi connectivity index (χ3n) is 24.9. The number of ether oxygens (including phenoxy) is 6. The van der Waals surface area contributed by atoms with Crippen LogP contribution in [0.3, 0.4) is 0 Å². The van der Waals surface area contributed by atoms with E-state index in [9.17, 15) is 24.0 Å². The van der Waals surface area contributed by atoms with Crippen molar-refractivity contribution >= 4 is 63.9 Å². The molecule has 22 heteroatoms. The summed E-state index contributed by atoms with van der Waals surface area (Å²) in [5.41, 5.74) is 12.5. The summed E-state index contributed by atoms with van der Waals surface area (Å²) in [6, 6.07) is 86.9. The van der Waals surface area contributed by atoms with Crippen molar-refractivity contribution in [1.29, 1.82) is 0 Å². The zero-order valence-electron chi connectivity index (χ0n) is 75.8. The lowest BCUT2D eigenvalue weighted by molar-refractivity contribution is -0.137. The van der Waals surface area contributed by atoms with E-state index < -0.39 is 18.2 Å². The molecule has 0 bridgehead atoms. The van der Waals surface area contributed by atoms with Crippen LogP contribution in [0.25, 0.3) is 55.3 Å². The maximum absolute atomic E-state index is 12.7. The summed E-state index contributed by atoms with van der Waals surface area (Å²) in [7, 11) is 4.29. The van der Waals surface area contributed by atoms with Crippen molar-refractivity contribution in [1.82, 2.24) is 29.4 Å². The highest BCUT2D eigenvalue weighted by Crippen LogP contribution is 2.34. The molecule has 0 aliphatic carbocycles. The molecule has 0 spiro atoms. The summed E-state index contributed by atoms with van der Waals surface area (Å²) in [4.78, 5) is 75.7. The standard InChI is InChI=1S/C42H50N4O6.C33H37N3O2.C32H47N3O4/c47-41(43-39-17-9-7-15-37(39)33-11-3-1-4-12-33)51-35-19-23-45(24-20-35)27-29-49-31-32-50-30-28-46-25-21-36(22-26-46)52-42(48)44-40-18-10-8-16-38(40)34-13-5-2-6-14-34;1-25(29-17-10-14-26-13-6-7-15-30(26)29)35(2)23-24-36-21-19-28(20-22-36)38-33(37)34-32-18-9-8-16-31(32)27-11-4-3-5-12-27;1-34(23-14-19-31(36)37)22-12-5-3-2-4-6-13-24-35-25-20-28(21-26-35)39-32(38)33-30-18-11-10-17-29(30)27-15-8-7-9-16-27/h1-18,35-36H,19-32H2,(H,43,47)(H,44,48);3-18,25,28H,19-24H2,1-2H3,(H,34,37);7-11,15-18,28H,2-6,12-14,19-26H2,1H3,(H,33,38)(H,36,37)/t;25-;/m.1./s1. The molecule has 14 rings (SSSR count). The first kappa shape index (κ1) is 96.8. The summed E-state index contributed by atoms with van der Waals surface area (Å²) >= 11 is 0. The number of benzene rings is 10. The number of nitrogens with one attached hydrogen (secondary N) is 4. The van der Waals surface area contributed by atoms with Gasteiger partial charge < -0.3 is 58.0 Å². The second-order valence-corrected chi connectivity index (χ2v) is 34.2. The molecule has 4 aliphatic heterocycles. The number of rotatable bonds is 40. The van der Waals surface area contributed by atoms with Gasteiger partial charge in [0.25, 0.3) is 0 Å². The molecule has 22 nitrogen and oxygen atoms in total. The largest absolute Gasteiger partial charge is 0.481 e. The minimum absolute atomic E-state index is 0.0265. The Labute approximate surface area is 763 Å². The highest BCUT2D eigenvalue weighted by atomic mass is 16.6. The van der Waals surface area contributed by atoms with Gasteiger partial charge >= 0.3 is 30.3 Å². The molecule has 4 fully saturated rings. The molecule has 1 atom stereocenters. The Kier molecular flexibility index (Phi) is 40.2. The zero-order chi connectivity index (χ0) is 89.8. The Hall–Kier alpha value is -11.3. The molecule has 0 radical (unpaired) electrons. The number of likely N-dealkylation sites (N-methyl/N-ethyl adjacent to an activating group) is 1. The molecule has 10 aromatic carbocycles. The van der Waals surface area contributed by atoms with Gasteiger partial charge in [0.15, 0.2) is 0 Å². The molecule has 0 saturated carbocycles. The van der Waals surface area contributed by atoms with Gasteiger partial charge in [0.05, 0.1) is 49.2 Å². The number of para-hydroxylation sites is 4. The van der Waals surface area contributed by atoms with E-state index in [4.69, 9.17) is 33.5 Å². The number of hydrogen-bond acceptors (Lipinski definition) is 17. The van der Waals surface area contributed by atoms with Crippen LogP contribution >= 0.6 is 0 Å². The number of hydrogen-bond donors (Lipinski definition) is 5. The van der Waals surface area contributed by atoms with Gasteiger partial charge in [0, 0.05) is 113 Å². The van der Waals surface area contributed by atoms with Crippen LogP contribution in [-0.4, -0.2) is 228 Å². The summed E-state index contributed by atoms with van der Waals surface area (Å²) in [5.74, 6) is -0.705. The number of carbonyl (C=O) groups is 5. The van der Waals surface area contributed by atoms with E-state index in [-0.39, 0.29) is 43.0 Å². The SMILES string of the molecule is CN(CCCCCCCCCN1CCC(OC(=O)Nc2ccccc2-c2ccccc2)CC1)CCCC(=O)O.C[C@H](c1cccc2ccccc12)N(C)CCN1CCC(OC(=O)Nc2ccccc2-c2ccccc2)CC1.O=C(Nc1ccccc1-c1ccccc1)OC1CCN(CCOCCOCCN2CCC(OC(=O)Nc3ccccc3-c3ccccc3)CC2)CC1.